The van der Waals surface area contributed by atoms with Gasteiger partial charge in [0.2, 0.25) is 6.79 Å². The fourth-order valence-corrected chi connectivity index (χ4v) is 3.16. The number of benzene rings is 2. The average Bonchev–Trinajstić information content (AvgIpc) is 3.19. The summed E-state index contributed by atoms with van der Waals surface area (Å²) in [5, 5.41) is 12.3. The van der Waals surface area contributed by atoms with Gasteiger partial charge in [-0.2, -0.15) is 0 Å². The summed E-state index contributed by atoms with van der Waals surface area (Å²) >= 11 is 0. The summed E-state index contributed by atoms with van der Waals surface area (Å²) in [6.07, 6.45) is 1.73. The van der Waals surface area contributed by atoms with Crippen molar-refractivity contribution in [1.29, 1.82) is 0 Å². The molecule has 0 radical (unpaired) electrons. The van der Waals surface area contributed by atoms with Crippen LogP contribution in [0.25, 0.3) is 10.9 Å². The van der Waals surface area contributed by atoms with Gasteiger partial charge in [-0.25, -0.2) is 0 Å². The molecule has 0 amide bonds. The lowest BCUT2D eigenvalue weighted by Crippen LogP contribution is -2.25. The van der Waals surface area contributed by atoms with Crippen LogP contribution in [0.2, 0.25) is 0 Å². The number of nitrogens with one attached hydrogen (secondary N) is 1. The van der Waals surface area contributed by atoms with E-state index in [0.29, 0.717) is 11.5 Å². The third kappa shape index (κ3) is 2.30. The highest BCUT2D eigenvalue weighted by molar-refractivity contribution is 5.85. The number of rotatable bonds is 4. The lowest BCUT2D eigenvalue weighted by atomic mass is 9.87. The second-order valence-electron chi connectivity index (χ2n) is 5.50. The molecule has 2 heterocycles. The molecule has 1 aliphatic rings. The SMILES string of the molecule is O=C([O-])C[C@H](c1cccc2c1OCO2)c1c[nH]c2ccccc12. The molecule has 0 aliphatic carbocycles. The van der Waals surface area contributed by atoms with Gasteiger partial charge in [0.05, 0.1) is 0 Å². The van der Waals surface area contributed by atoms with Gasteiger partial charge >= 0.3 is 0 Å². The Balaban J connectivity index is 1.89. The number of carboxylic acid groups (broad SMARTS) is 1. The largest absolute Gasteiger partial charge is 0.550 e. The number of fused-ring (bicyclic) bond motifs is 2. The molecule has 2 aromatic carbocycles. The second kappa shape index (κ2) is 5.35. The predicted octanol–water partition coefficient (Wildman–Crippen LogP) is 2.17. The van der Waals surface area contributed by atoms with E-state index in [1.165, 1.54) is 0 Å². The summed E-state index contributed by atoms with van der Waals surface area (Å²) in [6.45, 7) is 0.151. The molecule has 5 heteroatoms. The molecule has 116 valence electrons. The number of carboxylic acids is 1. The molecule has 1 aliphatic heterocycles. The van der Waals surface area contributed by atoms with Crippen LogP contribution >= 0.6 is 0 Å². The third-order valence-corrected chi connectivity index (χ3v) is 4.17. The Morgan fingerprint density at radius 2 is 2.00 bits per heavy atom. The van der Waals surface area contributed by atoms with Crippen molar-refractivity contribution in [3.63, 3.8) is 0 Å². The van der Waals surface area contributed by atoms with Gasteiger partial charge in [-0.3, -0.25) is 0 Å². The van der Waals surface area contributed by atoms with E-state index >= 15 is 0 Å². The van der Waals surface area contributed by atoms with Gasteiger partial charge in [0, 0.05) is 34.6 Å². The Morgan fingerprint density at radius 3 is 2.87 bits per heavy atom. The molecule has 0 saturated carbocycles. The summed E-state index contributed by atoms with van der Waals surface area (Å²) in [5.41, 5.74) is 2.68. The maximum Gasteiger partial charge on any atom is 0.231 e. The molecule has 0 unspecified atom stereocenters. The topological polar surface area (TPSA) is 74.4 Å². The second-order valence-corrected chi connectivity index (χ2v) is 5.50. The molecular formula is C18H14NO4-. The van der Waals surface area contributed by atoms with Crippen LogP contribution in [0.1, 0.15) is 23.5 Å². The van der Waals surface area contributed by atoms with Crippen LogP contribution in [0.5, 0.6) is 11.5 Å². The number of aliphatic carboxylic acids is 1. The molecule has 4 rings (SSSR count). The van der Waals surface area contributed by atoms with Crippen LogP contribution < -0.4 is 14.6 Å². The molecule has 0 spiro atoms. The molecule has 0 bridgehead atoms. The first-order chi connectivity index (χ1) is 11.2. The van der Waals surface area contributed by atoms with Crippen molar-refractivity contribution >= 4 is 16.9 Å². The zero-order chi connectivity index (χ0) is 15.8. The summed E-state index contributed by atoms with van der Waals surface area (Å²) in [7, 11) is 0. The van der Waals surface area contributed by atoms with Crippen LogP contribution in [0, 0.1) is 0 Å². The normalized spacial score (nSPS) is 14.1. The smallest absolute Gasteiger partial charge is 0.231 e. The first kappa shape index (κ1) is 13.7. The van der Waals surface area contributed by atoms with Crippen molar-refractivity contribution in [2.75, 3.05) is 6.79 Å². The first-order valence-corrected chi connectivity index (χ1v) is 7.38. The summed E-state index contributed by atoms with van der Waals surface area (Å²) in [6, 6.07) is 13.4. The molecule has 0 saturated heterocycles. The van der Waals surface area contributed by atoms with E-state index in [0.717, 1.165) is 22.0 Å². The maximum atomic E-state index is 11.3. The zero-order valence-corrected chi connectivity index (χ0v) is 12.2. The quantitative estimate of drug-likeness (QED) is 0.801. The Bertz CT molecular complexity index is 884. The van der Waals surface area contributed by atoms with Crippen molar-refractivity contribution in [3.8, 4) is 11.5 Å². The standard InChI is InChI=1S/C18H15NO4/c20-17(21)8-13(12-5-3-7-16-18(12)23-10-22-16)14-9-19-15-6-2-1-4-11(14)15/h1-7,9,13,19H,8,10H2,(H,20,21)/p-1/t13-/m1/s1. The van der Waals surface area contributed by atoms with E-state index in [1.807, 2.05) is 48.7 Å². The van der Waals surface area contributed by atoms with Gasteiger partial charge in [-0.05, 0) is 24.1 Å². The number of H-pyrrole nitrogens is 1. The monoisotopic (exact) mass is 308 g/mol. The van der Waals surface area contributed by atoms with E-state index < -0.39 is 5.97 Å². The number of aromatic nitrogens is 1. The number of aromatic amines is 1. The number of hydrogen-bond donors (Lipinski definition) is 1. The highest BCUT2D eigenvalue weighted by atomic mass is 16.7. The Hall–Kier alpha value is -2.95. The molecule has 0 fully saturated rings. The fourth-order valence-electron chi connectivity index (χ4n) is 3.16. The maximum absolute atomic E-state index is 11.3. The minimum absolute atomic E-state index is 0.123. The van der Waals surface area contributed by atoms with Gasteiger partial charge in [0.25, 0.3) is 0 Å². The summed E-state index contributed by atoms with van der Waals surface area (Å²) < 4.78 is 11.0. The number of ether oxygens (including phenoxy) is 2. The number of hydrogen-bond acceptors (Lipinski definition) is 4. The lowest BCUT2D eigenvalue weighted by Gasteiger charge is -2.19. The van der Waals surface area contributed by atoms with Crippen LogP contribution in [-0.4, -0.2) is 17.7 Å². The van der Waals surface area contributed by atoms with Crippen LogP contribution in [0.15, 0.2) is 48.7 Å². The Labute approximate surface area is 132 Å². The van der Waals surface area contributed by atoms with Gasteiger partial charge in [-0.1, -0.05) is 30.3 Å². The number of carbonyl (C=O) groups is 1. The minimum atomic E-state index is -1.10. The predicted molar refractivity (Wildman–Crippen MR) is 82.3 cm³/mol. The van der Waals surface area contributed by atoms with E-state index in [-0.39, 0.29) is 19.1 Å². The van der Waals surface area contributed by atoms with Crippen molar-refractivity contribution in [2.45, 2.75) is 12.3 Å². The van der Waals surface area contributed by atoms with E-state index in [9.17, 15) is 9.90 Å². The minimum Gasteiger partial charge on any atom is -0.550 e. The molecule has 1 aromatic heterocycles. The van der Waals surface area contributed by atoms with Gasteiger partial charge < -0.3 is 24.4 Å². The van der Waals surface area contributed by atoms with Crippen molar-refractivity contribution in [3.05, 3.63) is 59.8 Å². The Morgan fingerprint density at radius 1 is 1.13 bits per heavy atom. The molecule has 1 atom stereocenters. The molecule has 3 aromatic rings. The van der Waals surface area contributed by atoms with Crippen molar-refractivity contribution in [1.82, 2.24) is 4.98 Å². The average molecular weight is 308 g/mol. The van der Waals surface area contributed by atoms with E-state index in [4.69, 9.17) is 9.47 Å². The fraction of sp³-hybridized carbons (Fsp3) is 0.167. The highest BCUT2D eigenvalue weighted by Gasteiger charge is 2.26. The first-order valence-electron chi connectivity index (χ1n) is 7.38. The van der Waals surface area contributed by atoms with Crippen LogP contribution in [-0.2, 0) is 4.79 Å². The van der Waals surface area contributed by atoms with Crippen LogP contribution in [0.3, 0.4) is 0 Å². The van der Waals surface area contributed by atoms with E-state index in [1.54, 1.807) is 0 Å². The molecule has 23 heavy (non-hydrogen) atoms. The van der Waals surface area contributed by atoms with Crippen LogP contribution in [0.4, 0.5) is 0 Å². The number of para-hydroxylation sites is 2. The zero-order valence-electron chi connectivity index (χ0n) is 12.2. The molecule has 1 N–H and O–H groups in total. The van der Waals surface area contributed by atoms with Gasteiger partial charge in [0.15, 0.2) is 11.5 Å². The lowest BCUT2D eigenvalue weighted by molar-refractivity contribution is -0.305. The summed E-state index contributed by atoms with van der Waals surface area (Å²) in [4.78, 5) is 14.5. The van der Waals surface area contributed by atoms with Crippen molar-refractivity contribution < 1.29 is 19.4 Å². The summed E-state index contributed by atoms with van der Waals surface area (Å²) in [5.74, 6) is -0.209. The molecular weight excluding hydrogens is 294 g/mol. The Kier molecular flexibility index (Phi) is 3.19. The van der Waals surface area contributed by atoms with Crippen molar-refractivity contribution in [2.24, 2.45) is 0 Å². The molecule has 5 nitrogen and oxygen atoms in total. The van der Waals surface area contributed by atoms with E-state index in [2.05, 4.69) is 4.98 Å². The van der Waals surface area contributed by atoms with Gasteiger partial charge in [0.1, 0.15) is 0 Å². The third-order valence-electron chi connectivity index (χ3n) is 4.17. The highest BCUT2D eigenvalue weighted by Crippen LogP contribution is 2.43. The van der Waals surface area contributed by atoms with Gasteiger partial charge in [-0.15, -0.1) is 0 Å². The number of carbonyl (C=O) groups excluding carboxylic acids is 1.